The molecule has 3 rings (SSSR count). The lowest BCUT2D eigenvalue weighted by Gasteiger charge is -2.26. The summed E-state index contributed by atoms with van der Waals surface area (Å²) in [6.07, 6.45) is 5.44. The lowest BCUT2D eigenvalue weighted by atomic mass is 9.89. The predicted octanol–water partition coefficient (Wildman–Crippen LogP) is 4.65. The van der Waals surface area contributed by atoms with Crippen molar-refractivity contribution in [2.24, 2.45) is 5.92 Å². The van der Waals surface area contributed by atoms with Gasteiger partial charge in [0, 0.05) is 29.2 Å². The van der Waals surface area contributed by atoms with Crippen LogP contribution in [0.1, 0.15) is 55.2 Å². The zero-order chi connectivity index (χ0) is 20.1. The molecule has 5 nitrogen and oxygen atoms in total. The second kappa shape index (κ2) is 9.52. The van der Waals surface area contributed by atoms with Gasteiger partial charge in [0.1, 0.15) is 0 Å². The van der Waals surface area contributed by atoms with Crippen LogP contribution in [0, 0.1) is 19.8 Å². The fourth-order valence-electron chi connectivity index (χ4n) is 3.77. The first-order valence-corrected chi connectivity index (χ1v) is 10.9. The third-order valence-corrected chi connectivity index (χ3v) is 6.52. The standard InChI is InChI=1S/C22H30N2O3S/c1-15-6-4-9-20(12-15)27-14-18-7-5-8-19(13-18)23-21(25)10-11-24-16(2)17(3)28-22(24)26/h5,7-8,13,15,20H,4,6,9-12,14H2,1-3H3,(H,23,25). The maximum absolute atomic E-state index is 12.3. The summed E-state index contributed by atoms with van der Waals surface area (Å²) in [4.78, 5) is 25.3. The Morgan fingerprint density at radius 2 is 2.14 bits per heavy atom. The minimum Gasteiger partial charge on any atom is -0.374 e. The number of carbonyl (C=O) groups is 1. The van der Waals surface area contributed by atoms with E-state index >= 15 is 0 Å². The summed E-state index contributed by atoms with van der Waals surface area (Å²) in [7, 11) is 0. The number of rotatable bonds is 7. The summed E-state index contributed by atoms with van der Waals surface area (Å²) in [6, 6.07) is 7.82. The van der Waals surface area contributed by atoms with Crippen LogP contribution >= 0.6 is 11.3 Å². The number of hydrogen-bond acceptors (Lipinski definition) is 4. The van der Waals surface area contributed by atoms with Gasteiger partial charge < -0.3 is 14.6 Å². The molecule has 1 fully saturated rings. The van der Waals surface area contributed by atoms with Crippen LogP contribution in [0.3, 0.4) is 0 Å². The number of carbonyl (C=O) groups excluding carboxylic acids is 1. The molecule has 1 aromatic heterocycles. The van der Waals surface area contributed by atoms with Gasteiger partial charge in [-0.3, -0.25) is 9.59 Å². The molecule has 6 heteroatoms. The SMILES string of the molecule is Cc1sc(=O)n(CCC(=O)Nc2cccc(COC3CCCC(C)C3)c2)c1C. The normalized spacial score (nSPS) is 19.5. The summed E-state index contributed by atoms with van der Waals surface area (Å²) >= 11 is 1.23. The number of hydrogen-bond donors (Lipinski definition) is 1. The third kappa shape index (κ3) is 5.55. The first-order chi connectivity index (χ1) is 13.4. The maximum atomic E-state index is 12.3. The fraction of sp³-hybridized carbons (Fsp3) is 0.545. The van der Waals surface area contributed by atoms with Crippen molar-refractivity contribution in [1.29, 1.82) is 0 Å². The number of aromatic nitrogens is 1. The smallest absolute Gasteiger partial charge is 0.307 e. The summed E-state index contributed by atoms with van der Waals surface area (Å²) in [6.45, 7) is 7.12. The van der Waals surface area contributed by atoms with Crippen molar-refractivity contribution >= 4 is 22.9 Å². The molecule has 1 saturated carbocycles. The summed E-state index contributed by atoms with van der Waals surface area (Å²) in [5.74, 6) is 0.654. The number of benzene rings is 1. The molecule has 28 heavy (non-hydrogen) atoms. The van der Waals surface area contributed by atoms with Crippen molar-refractivity contribution in [3.05, 3.63) is 50.1 Å². The van der Waals surface area contributed by atoms with E-state index in [2.05, 4.69) is 12.2 Å². The molecule has 2 atom stereocenters. The number of nitrogens with zero attached hydrogens (tertiary/aromatic N) is 1. The minimum absolute atomic E-state index is 0.000947. The van der Waals surface area contributed by atoms with Crippen LogP contribution in [0.15, 0.2) is 29.1 Å². The molecule has 1 heterocycles. The van der Waals surface area contributed by atoms with Crippen molar-refractivity contribution in [2.45, 2.75) is 72.1 Å². The van der Waals surface area contributed by atoms with Gasteiger partial charge in [0.25, 0.3) is 0 Å². The van der Waals surface area contributed by atoms with E-state index in [1.807, 2.05) is 38.1 Å². The Bertz CT molecular complexity index is 871. The molecule has 1 aromatic carbocycles. The van der Waals surface area contributed by atoms with Crippen LogP contribution in [-0.2, 0) is 22.7 Å². The van der Waals surface area contributed by atoms with Gasteiger partial charge in [-0.25, -0.2) is 0 Å². The van der Waals surface area contributed by atoms with Crippen LogP contribution in [0.25, 0.3) is 0 Å². The summed E-state index contributed by atoms with van der Waals surface area (Å²) in [5.41, 5.74) is 2.78. The predicted molar refractivity (Wildman–Crippen MR) is 114 cm³/mol. The lowest BCUT2D eigenvalue weighted by molar-refractivity contribution is -0.116. The number of amides is 1. The van der Waals surface area contributed by atoms with Gasteiger partial charge in [-0.15, -0.1) is 0 Å². The Morgan fingerprint density at radius 1 is 1.32 bits per heavy atom. The average molecular weight is 403 g/mol. The Kier molecular flexibility index (Phi) is 7.08. The van der Waals surface area contributed by atoms with Crippen LogP contribution < -0.4 is 10.2 Å². The van der Waals surface area contributed by atoms with E-state index in [1.54, 1.807) is 4.57 Å². The fourth-order valence-corrected chi connectivity index (χ4v) is 4.62. The van der Waals surface area contributed by atoms with E-state index in [1.165, 1.54) is 24.2 Å². The third-order valence-electron chi connectivity index (χ3n) is 5.52. The van der Waals surface area contributed by atoms with Crippen molar-refractivity contribution in [3.8, 4) is 0 Å². The molecule has 1 aliphatic rings. The van der Waals surface area contributed by atoms with Gasteiger partial charge in [-0.05, 0) is 50.3 Å². The largest absolute Gasteiger partial charge is 0.374 e. The number of aryl methyl sites for hydroxylation is 1. The van der Waals surface area contributed by atoms with E-state index in [-0.39, 0.29) is 17.2 Å². The van der Waals surface area contributed by atoms with Crippen molar-refractivity contribution in [2.75, 3.05) is 5.32 Å². The number of anilines is 1. The minimum atomic E-state index is -0.0886. The van der Waals surface area contributed by atoms with Crippen molar-refractivity contribution < 1.29 is 9.53 Å². The quantitative estimate of drug-likeness (QED) is 0.733. The van der Waals surface area contributed by atoms with Crippen LogP contribution in [0.2, 0.25) is 0 Å². The summed E-state index contributed by atoms with van der Waals surface area (Å²) < 4.78 is 7.76. The topological polar surface area (TPSA) is 60.3 Å². The van der Waals surface area contributed by atoms with E-state index in [0.29, 0.717) is 19.3 Å². The Morgan fingerprint density at radius 3 is 2.86 bits per heavy atom. The Labute approximate surface area is 170 Å². The first kappa shape index (κ1) is 20.8. The van der Waals surface area contributed by atoms with E-state index < -0.39 is 0 Å². The van der Waals surface area contributed by atoms with Gasteiger partial charge in [0.05, 0.1) is 12.7 Å². The molecular weight excluding hydrogens is 372 g/mol. The molecule has 1 N–H and O–H groups in total. The van der Waals surface area contributed by atoms with Crippen molar-refractivity contribution in [1.82, 2.24) is 4.57 Å². The van der Waals surface area contributed by atoms with Crippen LogP contribution in [0.5, 0.6) is 0 Å². The van der Waals surface area contributed by atoms with Crippen molar-refractivity contribution in [3.63, 3.8) is 0 Å². The highest BCUT2D eigenvalue weighted by molar-refractivity contribution is 7.09. The van der Waals surface area contributed by atoms with E-state index in [4.69, 9.17) is 4.74 Å². The van der Waals surface area contributed by atoms with Gasteiger partial charge in [0.15, 0.2) is 0 Å². The highest BCUT2D eigenvalue weighted by Crippen LogP contribution is 2.26. The second-order valence-electron chi connectivity index (χ2n) is 7.86. The highest BCUT2D eigenvalue weighted by Gasteiger charge is 2.19. The average Bonchev–Trinajstić information content (AvgIpc) is 2.90. The molecule has 1 amide bonds. The van der Waals surface area contributed by atoms with Gasteiger partial charge in [0.2, 0.25) is 5.91 Å². The Hall–Kier alpha value is -1.92. The molecule has 0 bridgehead atoms. The molecule has 1 aliphatic carbocycles. The Balaban J connectivity index is 1.50. The van der Waals surface area contributed by atoms with Gasteiger partial charge in [-0.2, -0.15) is 0 Å². The van der Waals surface area contributed by atoms with Gasteiger partial charge in [-0.1, -0.05) is 43.2 Å². The van der Waals surface area contributed by atoms with Crippen LogP contribution in [0.4, 0.5) is 5.69 Å². The second-order valence-corrected chi connectivity index (χ2v) is 9.03. The molecule has 0 spiro atoms. The molecule has 0 saturated heterocycles. The first-order valence-electron chi connectivity index (χ1n) is 10.1. The monoisotopic (exact) mass is 402 g/mol. The molecular formula is C22H30N2O3S. The zero-order valence-electron chi connectivity index (χ0n) is 17.0. The molecule has 152 valence electrons. The zero-order valence-corrected chi connectivity index (χ0v) is 17.8. The number of ether oxygens (including phenoxy) is 1. The van der Waals surface area contributed by atoms with E-state index in [9.17, 15) is 9.59 Å². The van der Waals surface area contributed by atoms with E-state index in [0.717, 1.165) is 40.6 Å². The molecule has 0 radical (unpaired) electrons. The van der Waals surface area contributed by atoms with Gasteiger partial charge >= 0.3 is 4.87 Å². The molecule has 2 aromatic rings. The number of thiazole rings is 1. The van der Waals surface area contributed by atoms with Crippen LogP contribution in [-0.4, -0.2) is 16.6 Å². The number of nitrogens with one attached hydrogen (secondary N) is 1. The maximum Gasteiger partial charge on any atom is 0.307 e. The molecule has 0 aliphatic heterocycles. The molecule has 2 unspecified atom stereocenters. The lowest BCUT2D eigenvalue weighted by Crippen LogP contribution is -2.21. The highest BCUT2D eigenvalue weighted by atomic mass is 32.1. The summed E-state index contributed by atoms with van der Waals surface area (Å²) in [5, 5.41) is 2.94.